The molecule has 0 spiro atoms. The molecular weight excluding hydrogens is 304 g/mol. The zero-order chi connectivity index (χ0) is 16.6. The zero-order valence-electron chi connectivity index (χ0n) is 13.8. The number of aromatic nitrogens is 2. The van der Waals surface area contributed by atoms with Gasteiger partial charge in [-0.2, -0.15) is 4.98 Å². The third-order valence-corrected chi connectivity index (χ3v) is 4.29. The molecule has 2 aromatic rings. The van der Waals surface area contributed by atoms with E-state index in [2.05, 4.69) is 20.8 Å². The van der Waals surface area contributed by atoms with E-state index in [0.29, 0.717) is 30.7 Å². The van der Waals surface area contributed by atoms with E-state index in [9.17, 15) is 4.79 Å². The molecular formula is C18H24N4O2. The van der Waals surface area contributed by atoms with Gasteiger partial charge in [0.25, 0.3) is 0 Å². The summed E-state index contributed by atoms with van der Waals surface area (Å²) in [6.45, 7) is 0.599. The molecule has 6 nitrogen and oxygen atoms in total. The summed E-state index contributed by atoms with van der Waals surface area (Å²) in [5, 5.41) is 9.93. The van der Waals surface area contributed by atoms with Crippen molar-refractivity contribution >= 4 is 6.03 Å². The first-order valence-corrected chi connectivity index (χ1v) is 8.73. The van der Waals surface area contributed by atoms with Gasteiger partial charge in [0.1, 0.15) is 0 Å². The summed E-state index contributed by atoms with van der Waals surface area (Å²) >= 11 is 0. The SMILES string of the molecule is O=C(NCCCc1nc(-c2ccccc2)no1)NC1CCCCC1. The summed E-state index contributed by atoms with van der Waals surface area (Å²) in [6, 6.07) is 10.0. The fourth-order valence-corrected chi connectivity index (χ4v) is 2.99. The fraction of sp³-hybridized carbons (Fsp3) is 0.500. The van der Waals surface area contributed by atoms with Crippen molar-refractivity contribution in [1.82, 2.24) is 20.8 Å². The Bertz CT molecular complexity index is 635. The van der Waals surface area contributed by atoms with E-state index in [0.717, 1.165) is 24.8 Å². The van der Waals surface area contributed by atoms with Gasteiger partial charge in [-0.05, 0) is 19.3 Å². The molecule has 24 heavy (non-hydrogen) atoms. The number of carbonyl (C=O) groups excluding carboxylic acids is 1. The van der Waals surface area contributed by atoms with E-state index in [1.54, 1.807) is 0 Å². The Morgan fingerprint density at radius 1 is 1.17 bits per heavy atom. The van der Waals surface area contributed by atoms with Gasteiger partial charge in [0.05, 0.1) is 0 Å². The van der Waals surface area contributed by atoms with Gasteiger partial charge in [0.2, 0.25) is 11.7 Å². The summed E-state index contributed by atoms with van der Waals surface area (Å²) < 4.78 is 5.26. The van der Waals surface area contributed by atoms with Crippen LogP contribution in [0, 0.1) is 0 Å². The van der Waals surface area contributed by atoms with Crippen LogP contribution in [0.15, 0.2) is 34.9 Å². The third-order valence-electron chi connectivity index (χ3n) is 4.29. The maximum Gasteiger partial charge on any atom is 0.315 e. The first-order chi connectivity index (χ1) is 11.8. The average Bonchev–Trinajstić information content (AvgIpc) is 3.09. The van der Waals surface area contributed by atoms with Crippen LogP contribution in [0.3, 0.4) is 0 Å². The molecule has 6 heteroatoms. The normalized spacial score (nSPS) is 15.2. The highest BCUT2D eigenvalue weighted by atomic mass is 16.5. The number of nitrogens with one attached hydrogen (secondary N) is 2. The summed E-state index contributed by atoms with van der Waals surface area (Å²) in [7, 11) is 0. The standard InChI is InChI=1S/C18H24N4O2/c23-18(20-15-10-5-2-6-11-15)19-13-7-12-16-21-17(22-24-16)14-8-3-1-4-9-14/h1,3-4,8-9,15H,2,5-7,10-13H2,(H2,19,20,23). The number of hydrogen-bond acceptors (Lipinski definition) is 4. The van der Waals surface area contributed by atoms with E-state index in [4.69, 9.17) is 4.52 Å². The number of carbonyl (C=O) groups is 1. The maximum absolute atomic E-state index is 11.8. The molecule has 1 aromatic heterocycles. The Balaban J connectivity index is 1.36. The molecule has 1 saturated carbocycles. The van der Waals surface area contributed by atoms with Crippen LogP contribution >= 0.6 is 0 Å². The van der Waals surface area contributed by atoms with Crippen LogP contribution in [0.5, 0.6) is 0 Å². The molecule has 1 aliphatic carbocycles. The molecule has 0 atom stereocenters. The number of hydrogen-bond donors (Lipinski definition) is 2. The van der Waals surface area contributed by atoms with Gasteiger partial charge in [-0.15, -0.1) is 0 Å². The monoisotopic (exact) mass is 328 g/mol. The van der Waals surface area contributed by atoms with Crippen LogP contribution in [-0.4, -0.2) is 28.8 Å². The summed E-state index contributed by atoms with van der Waals surface area (Å²) in [5.41, 5.74) is 0.942. The molecule has 0 unspecified atom stereocenters. The van der Waals surface area contributed by atoms with Gasteiger partial charge in [-0.1, -0.05) is 54.8 Å². The van der Waals surface area contributed by atoms with Gasteiger partial charge in [0, 0.05) is 24.6 Å². The van der Waals surface area contributed by atoms with Gasteiger partial charge in [0.15, 0.2) is 0 Å². The Kier molecular flexibility index (Phi) is 5.82. The van der Waals surface area contributed by atoms with Gasteiger partial charge < -0.3 is 15.2 Å². The Morgan fingerprint density at radius 3 is 2.75 bits per heavy atom. The summed E-state index contributed by atoms with van der Waals surface area (Å²) in [5.74, 6) is 1.21. The van der Waals surface area contributed by atoms with Crippen molar-refractivity contribution in [2.75, 3.05) is 6.54 Å². The van der Waals surface area contributed by atoms with Crippen molar-refractivity contribution in [2.45, 2.75) is 51.0 Å². The molecule has 0 radical (unpaired) electrons. The van der Waals surface area contributed by atoms with Crippen molar-refractivity contribution < 1.29 is 9.32 Å². The molecule has 0 saturated heterocycles. The molecule has 1 aromatic carbocycles. The highest BCUT2D eigenvalue weighted by molar-refractivity contribution is 5.74. The second kappa shape index (κ2) is 8.47. The Hall–Kier alpha value is -2.37. The number of amides is 2. The minimum absolute atomic E-state index is 0.0718. The van der Waals surface area contributed by atoms with E-state index >= 15 is 0 Å². The summed E-state index contributed by atoms with van der Waals surface area (Å²) in [4.78, 5) is 16.2. The molecule has 1 fully saturated rings. The molecule has 0 aliphatic heterocycles. The van der Waals surface area contributed by atoms with E-state index in [1.807, 2.05) is 30.3 Å². The molecule has 2 N–H and O–H groups in total. The van der Waals surface area contributed by atoms with Crippen LogP contribution < -0.4 is 10.6 Å². The highest BCUT2D eigenvalue weighted by Crippen LogP contribution is 2.17. The number of rotatable bonds is 6. The third kappa shape index (κ3) is 4.81. The van der Waals surface area contributed by atoms with Gasteiger partial charge >= 0.3 is 6.03 Å². The lowest BCUT2D eigenvalue weighted by molar-refractivity contribution is 0.232. The summed E-state index contributed by atoms with van der Waals surface area (Å²) in [6.07, 6.45) is 7.33. The minimum Gasteiger partial charge on any atom is -0.339 e. The smallest absolute Gasteiger partial charge is 0.315 e. The first-order valence-electron chi connectivity index (χ1n) is 8.73. The minimum atomic E-state index is -0.0718. The number of nitrogens with zero attached hydrogens (tertiary/aromatic N) is 2. The Labute approximate surface area is 142 Å². The Morgan fingerprint density at radius 2 is 1.96 bits per heavy atom. The highest BCUT2D eigenvalue weighted by Gasteiger charge is 2.15. The molecule has 1 aliphatic rings. The predicted molar refractivity (Wildman–Crippen MR) is 91.5 cm³/mol. The number of urea groups is 1. The predicted octanol–water partition coefficient (Wildman–Crippen LogP) is 3.30. The average molecular weight is 328 g/mol. The van der Waals surface area contributed by atoms with Crippen LogP contribution in [0.1, 0.15) is 44.4 Å². The van der Waals surface area contributed by atoms with Crippen molar-refractivity contribution in [1.29, 1.82) is 0 Å². The number of aryl methyl sites for hydroxylation is 1. The molecule has 128 valence electrons. The van der Waals surface area contributed by atoms with Crippen molar-refractivity contribution in [3.63, 3.8) is 0 Å². The van der Waals surface area contributed by atoms with Gasteiger partial charge in [-0.3, -0.25) is 0 Å². The topological polar surface area (TPSA) is 80.1 Å². The van der Waals surface area contributed by atoms with Crippen LogP contribution in [0.25, 0.3) is 11.4 Å². The zero-order valence-corrected chi connectivity index (χ0v) is 13.8. The van der Waals surface area contributed by atoms with E-state index < -0.39 is 0 Å². The second-order valence-electron chi connectivity index (χ2n) is 6.22. The second-order valence-corrected chi connectivity index (χ2v) is 6.22. The van der Waals surface area contributed by atoms with E-state index in [-0.39, 0.29) is 6.03 Å². The van der Waals surface area contributed by atoms with Crippen LogP contribution in [-0.2, 0) is 6.42 Å². The van der Waals surface area contributed by atoms with Crippen LogP contribution in [0.4, 0.5) is 4.79 Å². The van der Waals surface area contributed by atoms with Crippen molar-refractivity contribution in [3.05, 3.63) is 36.2 Å². The molecule has 2 amide bonds. The maximum atomic E-state index is 11.8. The van der Waals surface area contributed by atoms with Crippen molar-refractivity contribution in [2.24, 2.45) is 0 Å². The van der Waals surface area contributed by atoms with Crippen LogP contribution in [0.2, 0.25) is 0 Å². The lowest BCUT2D eigenvalue weighted by Gasteiger charge is -2.22. The fourth-order valence-electron chi connectivity index (χ4n) is 2.99. The molecule has 0 bridgehead atoms. The quantitative estimate of drug-likeness (QED) is 0.797. The molecule has 1 heterocycles. The lowest BCUT2D eigenvalue weighted by atomic mass is 9.96. The lowest BCUT2D eigenvalue weighted by Crippen LogP contribution is -2.43. The molecule has 3 rings (SSSR count). The van der Waals surface area contributed by atoms with E-state index in [1.165, 1.54) is 19.3 Å². The largest absolute Gasteiger partial charge is 0.339 e. The van der Waals surface area contributed by atoms with Gasteiger partial charge in [-0.25, -0.2) is 4.79 Å². The first kappa shape index (κ1) is 16.5. The number of benzene rings is 1. The van der Waals surface area contributed by atoms with Crippen molar-refractivity contribution in [3.8, 4) is 11.4 Å².